The van der Waals surface area contributed by atoms with Gasteiger partial charge in [0.05, 0.1) is 0 Å². The Labute approximate surface area is 134 Å². The summed E-state index contributed by atoms with van der Waals surface area (Å²) in [7, 11) is 0. The van der Waals surface area contributed by atoms with Crippen molar-refractivity contribution in [2.24, 2.45) is 5.92 Å². The minimum Gasteiger partial charge on any atom is -0.476 e. The molecule has 3 nitrogen and oxygen atoms in total. The quantitative estimate of drug-likeness (QED) is 0.713. The van der Waals surface area contributed by atoms with Crippen molar-refractivity contribution in [3.8, 4) is 0 Å². The van der Waals surface area contributed by atoms with E-state index in [1.807, 2.05) is 0 Å². The Hall–Kier alpha value is -1.90. The molecule has 0 aromatic carbocycles. The van der Waals surface area contributed by atoms with Gasteiger partial charge in [-0.15, -0.1) is 0 Å². The second-order valence-corrected chi connectivity index (χ2v) is 5.43. The highest BCUT2D eigenvalue weighted by atomic mass is 16.4. The zero-order valence-electron chi connectivity index (χ0n) is 14.1. The SMILES string of the molecule is CC(=O)C(=O)O.CCCC(=CC1=CC=CC(C)C=C1)CCC. The Bertz CT molecular complexity index is 459. The number of hydrogen-bond donors (Lipinski definition) is 1. The van der Waals surface area contributed by atoms with Gasteiger partial charge in [0.15, 0.2) is 0 Å². The van der Waals surface area contributed by atoms with Gasteiger partial charge in [-0.1, -0.05) is 75.6 Å². The van der Waals surface area contributed by atoms with Crippen molar-refractivity contribution in [1.29, 1.82) is 0 Å². The van der Waals surface area contributed by atoms with Gasteiger partial charge < -0.3 is 5.11 Å². The minimum atomic E-state index is -1.38. The van der Waals surface area contributed by atoms with Crippen molar-refractivity contribution in [2.75, 3.05) is 0 Å². The molecule has 122 valence electrons. The van der Waals surface area contributed by atoms with Crippen molar-refractivity contribution in [3.63, 3.8) is 0 Å². The molecule has 0 bridgehead atoms. The van der Waals surface area contributed by atoms with E-state index in [0.29, 0.717) is 5.92 Å². The predicted molar refractivity (Wildman–Crippen MR) is 91.7 cm³/mol. The van der Waals surface area contributed by atoms with Crippen LogP contribution in [0, 0.1) is 5.92 Å². The molecule has 0 saturated carbocycles. The van der Waals surface area contributed by atoms with Crippen molar-refractivity contribution >= 4 is 11.8 Å². The molecule has 22 heavy (non-hydrogen) atoms. The lowest BCUT2D eigenvalue weighted by atomic mass is 10.0. The van der Waals surface area contributed by atoms with Gasteiger partial charge in [-0.25, -0.2) is 4.79 Å². The zero-order valence-corrected chi connectivity index (χ0v) is 14.1. The molecule has 3 heteroatoms. The van der Waals surface area contributed by atoms with E-state index in [1.165, 1.54) is 31.3 Å². The van der Waals surface area contributed by atoms with Crippen LogP contribution in [-0.2, 0) is 9.59 Å². The van der Waals surface area contributed by atoms with Crippen LogP contribution in [0.2, 0.25) is 0 Å². The first kappa shape index (κ1) is 20.1. The molecule has 1 aliphatic rings. The number of carbonyl (C=O) groups is 2. The first-order chi connectivity index (χ1) is 10.4. The van der Waals surface area contributed by atoms with Gasteiger partial charge >= 0.3 is 5.97 Å². The third kappa shape index (κ3) is 9.92. The molecule has 0 radical (unpaired) electrons. The van der Waals surface area contributed by atoms with Gasteiger partial charge in [-0.05, 0) is 24.3 Å². The molecule has 0 fully saturated rings. The summed E-state index contributed by atoms with van der Waals surface area (Å²) in [6.45, 7) is 7.72. The Morgan fingerprint density at radius 2 is 1.73 bits per heavy atom. The number of carboxylic acids is 1. The largest absolute Gasteiger partial charge is 0.476 e. The fourth-order valence-electron chi connectivity index (χ4n) is 1.97. The molecule has 1 atom stereocenters. The lowest BCUT2D eigenvalue weighted by molar-refractivity contribution is -0.148. The lowest BCUT2D eigenvalue weighted by Crippen LogP contribution is -2.05. The highest BCUT2D eigenvalue weighted by Gasteiger charge is 1.99. The molecule has 0 aromatic heterocycles. The monoisotopic (exact) mass is 304 g/mol. The van der Waals surface area contributed by atoms with E-state index in [0.717, 1.165) is 6.92 Å². The molecular weight excluding hydrogens is 276 g/mol. The molecule has 0 aliphatic heterocycles. The number of aliphatic carboxylic acids is 1. The average molecular weight is 304 g/mol. The lowest BCUT2D eigenvalue weighted by Gasteiger charge is -2.04. The number of rotatable bonds is 6. The molecule has 1 rings (SSSR count). The van der Waals surface area contributed by atoms with Crippen LogP contribution in [0.1, 0.15) is 53.4 Å². The zero-order chi connectivity index (χ0) is 17.0. The van der Waals surface area contributed by atoms with E-state index in [2.05, 4.69) is 57.2 Å². The molecule has 0 saturated heterocycles. The normalized spacial score (nSPS) is 16.0. The van der Waals surface area contributed by atoms with Gasteiger partial charge in [0, 0.05) is 6.92 Å². The highest BCUT2D eigenvalue weighted by molar-refractivity contribution is 6.31. The summed E-state index contributed by atoms with van der Waals surface area (Å²) < 4.78 is 0. The third-order valence-corrected chi connectivity index (χ3v) is 3.11. The highest BCUT2D eigenvalue weighted by Crippen LogP contribution is 2.17. The topological polar surface area (TPSA) is 54.4 Å². The van der Waals surface area contributed by atoms with Crippen LogP contribution in [0.5, 0.6) is 0 Å². The predicted octanol–water partition coefficient (Wildman–Crippen LogP) is 4.86. The maximum absolute atomic E-state index is 9.54. The van der Waals surface area contributed by atoms with Crippen LogP contribution in [0.4, 0.5) is 0 Å². The van der Waals surface area contributed by atoms with Gasteiger partial charge in [-0.3, -0.25) is 4.79 Å². The van der Waals surface area contributed by atoms with Crippen molar-refractivity contribution in [3.05, 3.63) is 47.6 Å². The summed E-state index contributed by atoms with van der Waals surface area (Å²) in [6.07, 6.45) is 18.5. The fourth-order valence-corrected chi connectivity index (χ4v) is 1.97. The maximum Gasteiger partial charge on any atom is 0.371 e. The third-order valence-electron chi connectivity index (χ3n) is 3.11. The minimum absolute atomic E-state index is 0.558. The van der Waals surface area contributed by atoms with Crippen LogP contribution in [0.15, 0.2) is 47.6 Å². The van der Waals surface area contributed by atoms with E-state index in [9.17, 15) is 9.59 Å². The van der Waals surface area contributed by atoms with Gasteiger partial charge in [0.25, 0.3) is 0 Å². The average Bonchev–Trinajstić information content (AvgIpc) is 2.65. The van der Waals surface area contributed by atoms with Crippen LogP contribution >= 0.6 is 0 Å². The van der Waals surface area contributed by atoms with E-state index in [4.69, 9.17) is 5.11 Å². The van der Waals surface area contributed by atoms with Crippen LogP contribution in [0.25, 0.3) is 0 Å². The first-order valence-electron chi connectivity index (χ1n) is 7.90. The molecular formula is C19H28O3. The maximum atomic E-state index is 9.54. The second kappa shape index (κ2) is 11.7. The van der Waals surface area contributed by atoms with Crippen LogP contribution < -0.4 is 0 Å². The number of carbonyl (C=O) groups excluding carboxylic acids is 1. The summed E-state index contributed by atoms with van der Waals surface area (Å²) in [6, 6.07) is 0. The molecule has 0 amide bonds. The molecule has 0 spiro atoms. The number of ketones is 1. The van der Waals surface area contributed by atoms with Gasteiger partial charge in [0.2, 0.25) is 5.78 Å². The van der Waals surface area contributed by atoms with Gasteiger partial charge in [0.1, 0.15) is 0 Å². The van der Waals surface area contributed by atoms with E-state index in [-0.39, 0.29) is 0 Å². The molecule has 0 heterocycles. The number of allylic oxidation sites excluding steroid dienone is 8. The van der Waals surface area contributed by atoms with Crippen molar-refractivity contribution < 1.29 is 14.7 Å². The summed E-state index contributed by atoms with van der Waals surface area (Å²) in [5.74, 6) is -1.65. The first-order valence-corrected chi connectivity index (χ1v) is 7.90. The molecule has 1 N–H and O–H groups in total. The van der Waals surface area contributed by atoms with Crippen LogP contribution in [-0.4, -0.2) is 16.9 Å². The fraction of sp³-hybridized carbons (Fsp3) is 0.474. The molecule has 0 aromatic rings. The number of carboxylic acid groups (broad SMARTS) is 1. The Morgan fingerprint density at radius 3 is 2.18 bits per heavy atom. The van der Waals surface area contributed by atoms with Crippen LogP contribution in [0.3, 0.4) is 0 Å². The van der Waals surface area contributed by atoms with Crippen molar-refractivity contribution in [2.45, 2.75) is 53.4 Å². The summed E-state index contributed by atoms with van der Waals surface area (Å²) in [5, 5.41) is 7.64. The standard InChI is InChI=1S/C16H24.C3H4O3/c1-4-7-15(8-5-2)13-16-10-6-9-14(3)11-12-16;1-2(4)3(5)6/h6,9-14H,4-5,7-8H2,1-3H3;1H3,(H,5,6). The Morgan fingerprint density at radius 1 is 1.18 bits per heavy atom. The van der Waals surface area contributed by atoms with E-state index >= 15 is 0 Å². The Balaban J connectivity index is 0.000000626. The summed E-state index contributed by atoms with van der Waals surface area (Å²) in [4.78, 5) is 18.9. The number of Topliss-reactive ketones (excluding diaryl/α,β-unsaturated/α-hetero) is 1. The van der Waals surface area contributed by atoms with Gasteiger partial charge in [-0.2, -0.15) is 0 Å². The smallest absolute Gasteiger partial charge is 0.371 e. The van der Waals surface area contributed by atoms with Crippen molar-refractivity contribution in [1.82, 2.24) is 0 Å². The van der Waals surface area contributed by atoms with E-state index < -0.39 is 11.8 Å². The Kier molecular flexibility index (Phi) is 10.7. The molecule has 1 aliphatic carbocycles. The van der Waals surface area contributed by atoms with E-state index in [1.54, 1.807) is 5.57 Å². The summed E-state index contributed by atoms with van der Waals surface area (Å²) >= 11 is 0. The molecule has 1 unspecified atom stereocenters. The number of hydrogen-bond acceptors (Lipinski definition) is 2. The second-order valence-electron chi connectivity index (χ2n) is 5.43. The summed E-state index contributed by atoms with van der Waals surface area (Å²) in [5.41, 5.74) is 2.93.